The van der Waals surface area contributed by atoms with E-state index in [0.717, 1.165) is 6.42 Å². The lowest BCUT2D eigenvalue weighted by Crippen LogP contribution is -2.29. The Balaban J connectivity index is 1.90. The lowest BCUT2D eigenvalue weighted by Gasteiger charge is -2.15. The smallest absolute Gasteiger partial charge is 0.289 e. The number of carbonyl (C=O) groups is 1. The quantitative estimate of drug-likeness (QED) is 0.856. The number of nitrogens with one attached hydrogen (secondary N) is 1. The van der Waals surface area contributed by atoms with Crippen LogP contribution in [0.5, 0.6) is 0 Å². The van der Waals surface area contributed by atoms with Crippen molar-refractivity contribution in [2.24, 2.45) is 0 Å². The molecule has 0 fully saturated rings. The third kappa shape index (κ3) is 2.90. The fourth-order valence-electron chi connectivity index (χ4n) is 1.51. The lowest BCUT2D eigenvalue weighted by atomic mass is 10.2. The Kier molecular flexibility index (Phi) is 3.49. The fraction of sp³-hybridized carbons (Fsp3) is 0.250. The number of hydrogen-bond acceptors (Lipinski definition) is 3. The minimum Gasteiger partial charge on any atom is -0.341 e. The molecular weight excluding hydrogens is 216 g/mol. The van der Waals surface area contributed by atoms with Crippen LogP contribution in [0.15, 0.2) is 36.9 Å². The summed E-state index contributed by atoms with van der Waals surface area (Å²) in [4.78, 5) is 24.2. The predicted octanol–water partition coefficient (Wildman–Crippen LogP) is 1.12. The third-order valence-electron chi connectivity index (χ3n) is 2.53. The maximum atomic E-state index is 11.8. The Hall–Kier alpha value is -2.17. The highest BCUT2D eigenvalue weighted by atomic mass is 16.2. The fourth-order valence-corrected chi connectivity index (χ4v) is 1.51. The molecule has 1 N–H and O–H groups in total. The van der Waals surface area contributed by atoms with Crippen LogP contribution in [0.3, 0.4) is 0 Å². The summed E-state index contributed by atoms with van der Waals surface area (Å²) < 4.78 is 0. The average molecular weight is 230 g/mol. The van der Waals surface area contributed by atoms with Crippen molar-refractivity contribution < 1.29 is 4.79 Å². The average Bonchev–Trinajstić information content (AvgIpc) is 2.90. The molecule has 5 heteroatoms. The summed E-state index contributed by atoms with van der Waals surface area (Å²) in [6.45, 7) is 0.656. The van der Waals surface area contributed by atoms with Gasteiger partial charge in [-0.05, 0) is 24.1 Å². The van der Waals surface area contributed by atoms with E-state index in [9.17, 15) is 4.79 Å². The molecule has 0 spiro atoms. The molecule has 1 amide bonds. The van der Waals surface area contributed by atoms with Crippen LogP contribution in [0, 0.1) is 0 Å². The normalized spacial score (nSPS) is 10.2. The summed E-state index contributed by atoms with van der Waals surface area (Å²) in [5.41, 5.74) is 1.17. The first-order valence-corrected chi connectivity index (χ1v) is 5.41. The van der Waals surface area contributed by atoms with Crippen molar-refractivity contribution in [1.82, 2.24) is 19.9 Å². The molecule has 0 bridgehead atoms. The topological polar surface area (TPSA) is 61.9 Å². The number of pyridine rings is 1. The minimum atomic E-state index is -0.0935. The van der Waals surface area contributed by atoms with Gasteiger partial charge in [0.2, 0.25) is 0 Å². The maximum absolute atomic E-state index is 11.8. The molecule has 0 unspecified atom stereocenters. The lowest BCUT2D eigenvalue weighted by molar-refractivity contribution is 0.0785. The number of aromatic amines is 1. The minimum absolute atomic E-state index is 0.0935. The van der Waals surface area contributed by atoms with Crippen LogP contribution < -0.4 is 0 Å². The summed E-state index contributed by atoms with van der Waals surface area (Å²) in [6.07, 6.45) is 7.53. The largest absolute Gasteiger partial charge is 0.341 e. The molecule has 0 aliphatic rings. The van der Waals surface area contributed by atoms with Gasteiger partial charge < -0.3 is 9.88 Å². The molecule has 0 aliphatic heterocycles. The Labute approximate surface area is 99.5 Å². The first-order valence-electron chi connectivity index (χ1n) is 5.41. The summed E-state index contributed by atoms with van der Waals surface area (Å²) in [5, 5.41) is 0. The van der Waals surface area contributed by atoms with Crippen molar-refractivity contribution in [2.45, 2.75) is 6.42 Å². The Morgan fingerprint density at radius 2 is 2.12 bits per heavy atom. The van der Waals surface area contributed by atoms with E-state index in [2.05, 4.69) is 15.0 Å². The standard InChI is InChI=1S/C12H14N4O/c1-16(12(17)11-14-7-8-15-11)9-4-10-2-5-13-6-3-10/h2-3,5-8H,4,9H2,1H3,(H,14,15). The van der Waals surface area contributed by atoms with E-state index >= 15 is 0 Å². The number of amides is 1. The van der Waals surface area contributed by atoms with Crippen molar-refractivity contribution in [3.8, 4) is 0 Å². The monoisotopic (exact) mass is 230 g/mol. The predicted molar refractivity (Wildman–Crippen MR) is 63.5 cm³/mol. The molecule has 0 saturated heterocycles. The van der Waals surface area contributed by atoms with Crippen LogP contribution in [0.2, 0.25) is 0 Å². The molecule has 88 valence electrons. The number of carbonyl (C=O) groups excluding carboxylic acids is 1. The molecule has 2 aromatic rings. The van der Waals surface area contributed by atoms with Gasteiger partial charge in [0.05, 0.1) is 0 Å². The Morgan fingerprint density at radius 1 is 1.35 bits per heavy atom. The molecule has 2 aromatic heterocycles. The van der Waals surface area contributed by atoms with Crippen LogP contribution >= 0.6 is 0 Å². The molecule has 5 nitrogen and oxygen atoms in total. The van der Waals surface area contributed by atoms with Gasteiger partial charge >= 0.3 is 0 Å². The number of likely N-dealkylation sites (N-methyl/N-ethyl adjacent to an activating group) is 1. The van der Waals surface area contributed by atoms with Gasteiger partial charge in [-0.2, -0.15) is 0 Å². The number of rotatable bonds is 4. The zero-order chi connectivity index (χ0) is 12.1. The van der Waals surface area contributed by atoms with E-state index in [1.54, 1.807) is 36.7 Å². The van der Waals surface area contributed by atoms with Crippen molar-refractivity contribution in [1.29, 1.82) is 0 Å². The highest BCUT2D eigenvalue weighted by Gasteiger charge is 2.13. The summed E-state index contributed by atoms with van der Waals surface area (Å²) in [6, 6.07) is 3.90. The van der Waals surface area contributed by atoms with Crippen LogP contribution in [0.25, 0.3) is 0 Å². The van der Waals surface area contributed by atoms with Gasteiger partial charge in [0.1, 0.15) is 0 Å². The van der Waals surface area contributed by atoms with E-state index in [4.69, 9.17) is 0 Å². The van der Waals surface area contributed by atoms with Crippen LogP contribution in [-0.2, 0) is 6.42 Å². The van der Waals surface area contributed by atoms with Gasteiger partial charge in [0, 0.05) is 38.4 Å². The summed E-state index contributed by atoms with van der Waals surface area (Å²) in [5.74, 6) is 0.284. The molecule has 0 radical (unpaired) electrons. The molecule has 0 atom stereocenters. The Bertz CT molecular complexity index is 467. The van der Waals surface area contributed by atoms with Gasteiger partial charge in [-0.3, -0.25) is 9.78 Å². The van der Waals surface area contributed by atoms with Crippen molar-refractivity contribution in [2.75, 3.05) is 13.6 Å². The van der Waals surface area contributed by atoms with E-state index in [1.165, 1.54) is 5.56 Å². The number of imidazole rings is 1. The van der Waals surface area contributed by atoms with Crippen molar-refractivity contribution in [3.63, 3.8) is 0 Å². The van der Waals surface area contributed by atoms with Gasteiger partial charge in [-0.1, -0.05) is 0 Å². The van der Waals surface area contributed by atoms with Crippen molar-refractivity contribution >= 4 is 5.91 Å². The molecule has 2 heterocycles. The van der Waals surface area contributed by atoms with E-state index in [0.29, 0.717) is 12.4 Å². The zero-order valence-electron chi connectivity index (χ0n) is 9.63. The third-order valence-corrected chi connectivity index (χ3v) is 2.53. The first-order chi connectivity index (χ1) is 8.27. The molecular formula is C12H14N4O. The maximum Gasteiger partial charge on any atom is 0.289 e. The van der Waals surface area contributed by atoms with E-state index < -0.39 is 0 Å². The highest BCUT2D eigenvalue weighted by molar-refractivity contribution is 5.90. The van der Waals surface area contributed by atoms with Crippen molar-refractivity contribution in [3.05, 3.63) is 48.3 Å². The van der Waals surface area contributed by atoms with Crippen LogP contribution in [-0.4, -0.2) is 39.4 Å². The second-order valence-electron chi connectivity index (χ2n) is 3.77. The summed E-state index contributed by atoms with van der Waals surface area (Å²) in [7, 11) is 1.77. The van der Waals surface area contributed by atoms with E-state index in [1.807, 2.05) is 12.1 Å². The summed E-state index contributed by atoms with van der Waals surface area (Å²) >= 11 is 0. The number of H-pyrrole nitrogens is 1. The molecule has 2 rings (SSSR count). The second kappa shape index (κ2) is 5.25. The SMILES string of the molecule is CN(CCc1ccncc1)C(=O)c1ncc[nH]1. The molecule has 17 heavy (non-hydrogen) atoms. The van der Waals surface area contributed by atoms with Gasteiger partial charge in [0.15, 0.2) is 5.82 Å². The highest BCUT2D eigenvalue weighted by Crippen LogP contribution is 2.01. The number of nitrogens with zero attached hydrogens (tertiary/aromatic N) is 3. The van der Waals surface area contributed by atoms with Crippen LogP contribution in [0.4, 0.5) is 0 Å². The Morgan fingerprint density at radius 3 is 2.76 bits per heavy atom. The number of aromatic nitrogens is 3. The van der Waals surface area contributed by atoms with E-state index in [-0.39, 0.29) is 5.91 Å². The molecule has 0 aromatic carbocycles. The van der Waals surface area contributed by atoms with Gasteiger partial charge in [0.25, 0.3) is 5.91 Å². The number of hydrogen-bond donors (Lipinski definition) is 1. The molecule has 0 aliphatic carbocycles. The van der Waals surface area contributed by atoms with Gasteiger partial charge in [-0.15, -0.1) is 0 Å². The first kappa shape index (κ1) is 11.3. The zero-order valence-corrected chi connectivity index (χ0v) is 9.63. The second-order valence-corrected chi connectivity index (χ2v) is 3.77. The molecule has 0 saturated carbocycles. The van der Waals surface area contributed by atoms with Crippen LogP contribution in [0.1, 0.15) is 16.2 Å². The van der Waals surface area contributed by atoms with Gasteiger partial charge in [-0.25, -0.2) is 4.98 Å².